The molecule has 0 aliphatic rings. The maximum absolute atomic E-state index is 11.1. The quantitative estimate of drug-likeness (QED) is 0.368. The van der Waals surface area contributed by atoms with E-state index in [-0.39, 0.29) is 5.97 Å². The lowest BCUT2D eigenvalue weighted by Gasteiger charge is -2.02. The van der Waals surface area contributed by atoms with Crippen molar-refractivity contribution in [2.45, 2.75) is 34.1 Å². The van der Waals surface area contributed by atoms with E-state index in [0.717, 1.165) is 6.42 Å². The Morgan fingerprint density at radius 3 is 2.42 bits per heavy atom. The zero-order valence-corrected chi connectivity index (χ0v) is 8.18. The minimum Gasteiger partial charge on any atom is -0.428 e. The number of hydrogen-bond donors (Lipinski definition) is 0. The summed E-state index contributed by atoms with van der Waals surface area (Å²) in [6, 6.07) is 0. The van der Waals surface area contributed by atoms with E-state index < -0.39 is 0 Å². The van der Waals surface area contributed by atoms with Crippen LogP contribution in [0.4, 0.5) is 0 Å². The van der Waals surface area contributed by atoms with Crippen molar-refractivity contribution in [2.75, 3.05) is 0 Å². The van der Waals surface area contributed by atoms with Gasteiger partial charge in [-0.05, 0) is 33.3 Å². The Labute approximate surface area is 73.9 Å². The van der Waals surface area contributed by atoms with Crippen LogP contribution in [0, 0.1) is 0 Å². The lowest BCUT2D eigenvalue weighted by molar-refractivity contribution is -0.134. The van der Waals surface area contributed by atoms with Gasteiger partial charge in [0.05, 0.1) is 0 Å². The van der Waals surface area contributed by atoms with Gasteiger partial charge < -0.3 is 4.74 Å². The molecule has 0 aliphatic carbocycles. The molecule has 0 rings (SSSR count). The molecule has 0 fully saturated rings. The van der Waals surface area contributed by atoms with E-state index in [4.69, 9.17) is 4.74 Å². The number of hydrogen-bond acceptors (Lipinski definition) is 2. The molecule has 0 amide bonds. The summed E-state index contributed by atoms with van der Waals surface area (Å²) in [6.45, 7) is 7.33. The van der Waals surface area contributed by atoms with E-state index >= 15 is 0 Å². The van der Waals surface area contributed by atoms with Crippen molar-refractivity contribution in [2.24, 2.45) is 0 Å². The molecule has 12 heavy (non-hydrogen) atoms. The maximum Gasteiger partial charge on any atom is 0.338 e. The van der Waals surface area contributed by atoms with Crippen molar-refractivity contribution >= 4 is 5.97 Å². The topological polar surface area (TPSA) is 26.3 Å². The Balaban J connectivity index is 4.10. The first-order valence-corrected chi connectivity index (χ1v) is 4.13. The average molecular weight is 168 g/mol. The van der Waals surface area contributed by atoms with E-state index in [1.165, 1.54) is 0 Å². The third-order valence-electron chi connectivity index (χ3n) is 1.50. The van der Waals surface area contributed by atoms with Crippen LogP contribution in [0.15, 0.2) is 23.5 Å². The lowest BCUT2D eigenvalue weighted by Crippen LogP contribution is -2.03. The third-order valence-corrected chi connectivity index (χ3v) is 1.50. The fourth-order valence-electron chi connectivity index (χ4n) is 0.674. The molecule has 0 atom stereocenters. The molecule has 0 N–H and O–H groups in total. The van der Waals surface area contributed by atoms with Crippen LogP contribution in [0.3, 0.4) is 0 Å². The second kappa shape index (κ2) is 5.58. The molecule has 0 saturated heterocycles. The first-order chi connectivity index (χ1) is 5.61. The molecule has 0 radical (unpaired) electrons. The van der Waals surface area contributed by atoms with Crippen molar-refractivity contribution in [3.05, 3.63) is 23.5 Å². The van der Waals surface area contributed by atoms with Crippen LogP contribution in [0.25, 0.3) is 0 Å². The molecule has 0 heterocycles. The largest absolute Gasteiger partial charge is 0.428 e. The summed E-state index contributed by atoms with van der Waals surface area (Å²) in [5, 5.41) is 0. The van der Waals surface area contributed by atoms with Gasteiger partial charge in [0.25, 0.3) is 0 Å². The predicted molar refractivity (Wildman–Crippen MR) is 49.6 cm³/mol. The molecule has 0 aromatic rings. The standard InChI is InChI=1S/C10H16O2/c1-5-7-9(4)12-10(11)8(3)6-2/h6-7H,5H2,1-4H3/b8-6-,9-7+. The van der Waals surface area contributed by atoms with E-state index in [9.17, 15) is 4.79 Å². The number of ether oxygens (including phenoxy) is 1. The van der Waals surface area contributed by atoms with Gasteiger partial charge in [-0.2, -0.15) is 0 Å². The highest BCUT2D eigenvalue weighted by molar-refractivity contribution is 5.88. The zero-order chi connectivity index (χ0) is 9.56. The smallest absolute Gasteiger partial charge is 0.338 e. The Morgan fingerprint density at radius 2 is 2.00 bits per heavy atom. The molecule has 0 saturated carbocycles. The molecule has 2 nitrogen and oxygen atoms in total. The zero-order valence-electron chi connectivity index (χ0n) is 8.18. The molecular formula is C10H16O2. The summed E-state index contributed by atoms with van der Waals surface area (Å²) in [5.41, 5.74) is 0.638. The number of carbonyl (C=O) groups is 1. The normalized spacial score (nSPS) is 13.0. The van der Waals surface area contributed by atoms with Crippen molar-refractivity contribution < 1.29 is 9.53 Å². The first kappa shape index (κ1) is 11.0. The van der Waals surface area contributed by atoms with Crippen LogP contribution in [0.1, 0.15) is 34.1 Å². The molecule has 68 valence electrons. The lowest BCUT2D eigenvalue weighted by atomic mass is 10.3. The van der Waals surface area contributed by atoms with Crippen LogP contribution in [0.2, 0.25) is 0 Å². The van der Waals surface area contributed by atoms with Gasteiger partial charge in [-0.3, -0.25) is 0 Å². The summed E-state index contributed by atoms with van der Waals surface area (Å²) in [5.74, 6) is 0.406. The van der Waals surface area contributed by atoms with Gasteiger partial charge in [-0.15, -0.1) is 0 Å². The van der Waals surface area contributed by atoms with Crippen molar-refractivity contribution in [3.8, 4) is 0 Å². The van der Waals surface area contributed by atoms with Crippen LogP contribution in [-0.2, 0) is 9.53 Å². The van der Waals surface area contributed by atoms with Crippen molar-refractivity contribution in [1.82, 2.24) is 0 Å². The van der Waals surface area contributed by atoms with Gasteiger partial charge in [0.2, 0.25) is 0 Å². The van der Waals surface area contributed by atoms with Crippen LogP contribution in [-0.4, -0.2) is 5.97 Å². The minimum atomic E-state index is -0.264. The molecule has 0 spiro atoms. The minimum absolute atomic E-state index is 0.264. The highest BCUT2D eigenvalue weighted by Crippen LogP contribution is 2.03. The van der Waals surface area contributed by atoms with Crippen LogP contribution >= 0.6 is 0 Å². The van der Waals surface area contributed by atoms with E-state index in [0.29, 0.717) is 11.3 Å². The number of rotatable bonds is 3. The Bertz CT molecular complexity index is 212. The van der Waals surface area contributed by atoms with Crippen LogP contribution in [0.5, 0.6) is 0 Å². The van der Waals surface area contributed by atoms with Gasteiger partial charge in [-0.1, -0.05) is 13.0 Å². The van der Waals surface area contributed by atoms with Crippen molar-refractivity contribution in [3.63, 3.8) is 0 Å². The molecule has 0 unspecified atom stereocenters. The Hall–Kier alpha value is -1.05. The number of allylic oxidation sites excluding steroid dienone is 3. The fourth-order valence-corrected chi connectivity index (χ4v) is 0.674. The van der Waals surface area contributed by atoms with Gasteiger partial charge in [0, 0.05) is 5.57 Å². The van der Waals surface area contributed by atoms with Crippen molar-refractivity contribution in [1.29, 1.82) is 0 Å². The van der Waals surface area contributed by atoms with E-state index in [2.05, 4.69) is 0 Å². The van der Waals surface area contributed by atoms with Gasteiger partial charge in [0.15, 0.2) is 0 Å². The SMILES string of the molecule is C/C=C(/C)C(=O)O/C(C)=C/CC. The van der Waals surface area contributed by atoms with Gasteiger partial charge >= 0.3 is 5.97 Å². The molecule has 0 aromatic heterocycles. The summed E-state index contributed by atoms with van der Waals surface area (Å²) in [4.78, 5) is 11.1. The highest BCUT2D eigenvalue weighted by Gasteiger charge is 2.04. The molecule has 0 aliphatic heterocycles. The maximum atomic E-state index is 11.1. The molecule has 0 aromatic carbocycles. The van der Waals surface area contributed by atoms with Crippen LogP contribution < -0.4 is 0 Å². The summed E-state index contributed by atoms with van der Waals surface area (Å²) in [6.07, 6.45) is 4.50. The third kappa shape index (κ3) is 3.96. The number of carbonyl (C=O) groups excluding carboxylic acids is 1. The fraction of sp³-hybridized carbons (Fsp3) is 0.500. The summed E-state index contributed by atoms with van der Waals surface area (Å²) >= 11 is 0. The second-order valence-electron chi connectivity index (χ2n) is 2.58. The highest BCUT2D eigenvalue weighted by atomic mass is 16.5. The predicted octanol–water partition coefficient (Wildman–Crippen LogP) is 2.81. The Morgan fingerprint density at radius 1 is 1.42 bits per heavy atom. The Kier molecular flexibility index (Phi) is 5.09. The molecule has 0 bridgehead atoms. The van der Waals surface area contributed by atoms with E-state index in [1.807, 2.05) is 19.9 Å². The second-order valence-corrected chi connectivity index (χ2v) is 2.58. The molecular weight excluding hydrogens is 152 g/mol. The van der Waals surface area contributed by atoms with Gasteiger partial charge in [0.1, 0.15) is 5.76 Å². The number of esters is 1. The summed E-state index contributed by atoms with van der Waals surface area (Å²) in [7, 11) is 0. The first-order valence-electron chi connectivity index (χ1n) is 4.13. The summed E-state index contributed by atoms with van der Waals surface area (Å²) < 4.78 is 5.00. The molecule has 2 heteroatoms. The average Bonchev–Trinajstić information content (AvgIpc) is 2.03. The monoisotopic (exact) mass is 168 g/mol. The van der Waals surface area contributed by atoms with Gasteiger partial charge in [-0.25, -0.2) is 4.79 Å². The van der Waals surface area contributed by atoms with E-state index in [1.54, 1.807) is 19.9 Å².